The summed E-state index contributed by atoms with van der Waals surface area (Å²) in [4.78, 5) is 15.5. The standard InChI is InChI=1S/C33H37N5O/c1-24-14-16-26(23-29(24)33(2,3)4)38-31(18-19-34-38)36-32(39)35-30-17-15-25(27-12-6-7-13-28(27)30)11-10-22-37-20-8-5-9-21-37/h6-7,12-19,23H,5,8-9,20-22H2,1-4H3,(H2,35,36,39). The van der Waals surface area contributed by atoms with Crippen molar-refractivity contribution in [2.75, 3.05) is 30.3 Å². The summed E-state index contributed by atoms with van der Waals surface area (Å²) in [6.45, 7) is 11.8. The van der Waals surface area contributed by atoms with Gasteiger partial charge in [-0.3, -0.25) is 10.2 Å². The van der Waals surface area contributed by atoms with Crippen LogP contribution in [0.25, 0.3) is 16.5 Å². The maximum atomic E-state index is 13.1. The minimum atomic E-state index is -0.325. The van der Waals surface area contributed by atoms with Gasteiger partial charge in [-0.2, -0.15) is 5.10 Å². The summed E-state index contributed by atoms with van der Waals surface area (Å²) < 4.78 is 1.76. The molecular weight excluding hydrogens is 482 g/mol. The monoisotopic (exact) mass is 519 g/mol. The average molecular weight is 520 g/mol. The van der Waals surface area contributed by atoms with Crippen LogP contribution in [0.4, 0.5) is 16.3 Å². The van der Waals surface area contributed by atoms with Gasteiger partial charge in [-0.1, -0.05) is 69.4 Å². The van der Waals surface area contributed by atoms with Crippen molar-refractivity contribution >= 4 is 28.3 Å². The predicted molar refractivity (Wildman–Crippen MR) is 161 cm³/mol. The largest absolute Gasteiger partial charge is 0.324 e. The highest BCUT2D eigenvalue weighted by atomic mass is 16.2. The van der Waals surface area contributed by atoms with Gasteiger partial charge >= 0.3 is 6.03 Å². The van der Waals surface area contributed by atoms with Crippen LogP contribution in [0.2, 0.25) is 0 Å². The number of aryl methyl sites for hydroxylation is 1. The molecule has 39 heavy (non-hydrogen) atoms. The number of nitrogens with zero attached hydrogens (tertiary/aromatic N) is 3. The van der Waals surface area contributed by atoms with Gasteiger partial charge in [-0.15, -0.1) is 0 Å². The summed E-state index contributed by atoms with van der Waals surface area (Å²) in [5.41, 5.74) is 5.10. The van der Waals surface area contributed by atoms with E-state index >= 15 is 0 Å². The number of hydrogen-bond donors (Lipinski definition) is 2. The van der Waals surface area contributed by atoms with Crippen LogP contribution in [0, 0.1) is 18.8 Å². The normalized spacial score (nSPS) is 14.1. The maximum absolute atomic E-state index is 13.1. The quantitative estimate of drug-likeness (QED) is 0.282. The van der Waals surface area contributed by atoms with Crippen molar-refractivity contribution in [2.45, 2.75) is 52.4 Å². The van der Waals surface area contributed by atoms with Crippen molar-refractivity contribution in [3.8, 4) is 17.5 Å². The fourth-order valence-electron chi connectivity index (χ4n) is 5.30. The third-order valence-corrected chi connectivity index (χ3v) is 7.30. The van der Waals surface area contributed by atoms with E-state index in [4.69, 9.17) is 0 Å². The van der Waals surface area contributed by atoms with Crippen molar-refractivity contribution < 1.29 is 4.79 Å². The molecule has 6 nitrogen and oxygen atoms in total. The van der Waals surface area contributed by atoms with Crippen LogP contribution in [-0.4, -0.2) is 40.3 Å². The summed E-state index contributed by atoms with van der Waals surface area (Å²) in [5.74, 6) is 7.32. The van der Waals surface area contributed by atoms with Gasteiger partial charge in [0, 0.05) is 17.0 Å². The van der Waals surface area contributed by atoms with Crippen LogP contribution in [0.3, 0.4) is 0 Å². The highest BCUT2D eigenvalue weighted by molar-refractivity contribution is 6.07. The Hall–Kier alpha value is -4.08. The Bertz CT molecular complexity index is 1540. The number of hydrogen-bond acceptors (Lipinski definition) is 3. The Morgan fingerprint density at radius 1 is 0.949 bits per heavy atom. The van der Waals surface area contributed by atoms with Gasteiger partial charge in [-0.05, 0) is 79.0 Å². The first-order valence-electron chi connectivity index (χ1n) is 13.8. The maximum Gasteiger partial charge on any atom is 0.324 e. The highest BCUT2D eigenvalue weighted by Gasteiger charge is 2.18. The summed E-state index contributed by atoms with van der Waals surface area (Å²) in [7, 11) is 0. The molecule has 2 amide bonds. The third kappa shape index (κ3) is 6.16. The van der Waals surface area contributed by atoms with E-state index in [0.29, 0.717) is 5.82 Å². The summed E-state index contributed by atoms with van der Waals surface area (Å²) >= 11 is 0. The van der Waals surface area contributed by atoms with Crippen LogP contribution >= 0.6 is 0 Å². The molecule has 2 N–H and O–H groups in total. The number of carbonyl (C=O) groups is 1. The first kappa shape index (κ1) is 26.5. The summed E-state index contributed by atoms with van der Waals surface area (Å²) in [5, 5.41) is 12.5. The molecule has 0 atom stereocenters. The molecule has 3 aromatic carbocycles. The molecule has 1 aromatic heterocycles. The van der Waals surface area contributed by atoms with Gasteiger partial charge in [0.25, 0.3) is 0 Å². The molecule has 1 fully saturated rings. The number of piperidine rings is 1. The molecule has 2 heterocycles. The molecule has 1 aliphatic heterocycles. The van der Waals surface area contributed by atoms with E-state index in [1.807, 2.05) is 36.4 Å². The number of rotatable bonds is 4. The second-order valence-corrected chi connectivity index (χ2v) is 11.3. The third-order valence-electron chi connectivity index (χ3n) is 7.30. The van der Waals surface area contributed by atoms with Gasteiger partial charge in [-0.25, -0.2) is 9.48 Å². The van der Waals surface area contributed by atoms with E-state index in [9.17, 15) is 4.79 Å². The first-order chi connectivity index (χ1) is 18.8. The second kappa shape index (κ2) is 11.3. The fraction of sp³-hybridized carbons (Fsp3) is 0.333. The highest BCUT2D eigenvalue weighted by Crippen LogP contribution is 2.29. The zero-order chi connectivity index (χ0) is 27.4. The summed E-state index contributed by atoms with van der Waals surface area (Å²) in [6.07, 6.45) is 5.54. The number of amides is 2. The molecule has 0 saturated carbocycles. The lowest BCUT2D eigenvalue weighted by molar-refractivity contribution is 0.255. The average Bonchev–Trinajstić information content (AvgIpc) is 3.38. The Labute approximate surface area is 231 Å². The molecule has 0 radical (unpaired) electrons. The molecule has 0 unspecified atom stereocenters. The van der Waals surface area contributed by atoms with E-state index in [-0.39, 0.29) is 11.4 Å². The second-order valence-electron chi connectivity index (χ2n) is 11.3. The number of benzene rings is 3. The zero-order valence-electron chi connectivity index (χ0n) is 23.3. The first-order valence-corrected chi connectivity index (χ1v) is 13.8. The van der Waals surface area contributed by atoms with Crippen LogP contribution in [0.5, 0.6) is 0 Å². The summed E-state index contributed by atoms with van der Waals surface area (Å²) in [6, 6.07) is 19.7. The van der Waals surface area contributed by atoms with Gasteiger partial charge in [0.05, 0.1) is 24.1 Å². The Morgan fingerprint density at radius 3 is 2.49 bits per heavy atom. The van der Waals surface area contributed by atoms with E-state index < -0.39 is 0 Å². The Morgan fingerprint density at radius 2 is 1.72 bits per heavy atom. The van der Waals surface area contributed by atoms with Crippen molar-refractivity contribution in [2.24, 2.45) is 0 Å². The molecule has 0 aliphatic carbocycles. The van der Waals surface area contributed by atoms with E-state index in [2.05, 4.69) is 78.4 Å². The van der Waals surface area contributed by atoms with E-state index in [1.54, 1.807) is 16.9 Å². The molecule has 200 valence electrons. The van der Waals surface area contributed by atoms with Crippen molar-refractivity contribution in [3.05, 3.63) is 83.6 Å². The minimum Gasteiger partial charge on any atom is -0.307 e. The number of likely N-dealkylation sites (tertiary alicyclic amines) is 1. The van der Waals surface area contributed by atoms with Crippen molar-refractivity contribution in [3.63, 3.8) is 0 Å². The van der Waals surface area contributed by atoms with E-state index in [0.717, 1.165) is 47.3 Å². The zero-order valence-corrected chi connectivity index (χ0v) is 23.3. The van der Waals surface area contributed by atoms with Crippen LogP contribution in [0.1, 0.15) is 56.7 Å². The smallest absolute Gasteiger partial charge is 0.307 e. The van der Waals surface area contributed by atoms with Gasteiger partial charge in [0.15, 0.2) is 0 Å². The van der Waals surface area contributed by atoms with Gasteiger partial charge in [0.2, 0.25) is 0 Å². The van der Waals surface area contributed by atoms with Crippen molar-refractivity contribution in [1.29, 1.82) is 0 Å². The molecule has 0 bridgehead atoms. The topological polar surface area (TPSA) is 62.2 Å². The molecule has 1 saturated heterocycles. The lowest BCUT2D eigenvalue weighted by Gasteiger charge is -2.23. The lowest BCUT2D eigenvalue weighted by Crippen LogP contribution is -2.29. The SMILES string of the molecule is Cc1ccc(-n2nccc2NC(=O)Nc2ccc(C#CCN3CCCCC3)c3ccccc23)cc1C(C)(C)C. The van der Waals surface area contributed by atoms with E-state index in [1.165, 1.54) is 30.4 Å². The van der Waals surface area contributed by atoms with Gasteiger partial charge < -0.3 is 5.32 Å². The molecule has 1 aliphatic rings. The predicted octanol–water partition coefficient (Wildman–Crippen LogP) is 7.11. The molecule has 6 heteroatoms. The molecule has 4 aromatic rings. The lowest BCUT2D eigenvalue weighted by atomic mass is 9.84. The number of carbonyl (C=O) groups excluding carboxylic acids is 1. The number of nitrogens with one attached hydrogen (secondary N) is 2. The van der Waals surface area contributed by atoms with Gasteiger partial charge in [0.1, 0.15) is 5.82 Å². The van der Waals surface area contributed by atoms with Crippen molar-refractivity contribution in [1.82, 2.24) is 14.7 Å². The number of fused-ring (bicyclic) bond motifs is 1. The number of urea groups is 1. The minimum absolute atomic E-state index is 0.00333. The molecular formula is C33H37N5O. The molecule has 0 spiro atoms. The molecule has 5 rings (SSSR count). The van der Waals surface area contributed by atoms with Crippen LogP contribution in [0.15, 0.2) is 66.9 Å². The fourth-order valence-corrected chi connectivity index (χ4v) is 5.30. The van der Waals surface area contributed by atoms with Crippen LogP contribution < -0.4 is 10.6 Å². The number of aromatic nitrogens is 2. The Balaban J connectivity index is 1.34. The Kier molecular flexibility index (Phi) is 7.72. The van der Waals surface area contributed by atoms with Crippen LogP contribution in [-0.2, 0) is 5.41 Å². The number of anilines is 2.